The first kappa shape index (κ1) is 15.8. The lowest BCUT2D eigenvalue weighted by Gasteiger charge is -2.11. The van der Waals surface area contributed by atoms with Gasteiger partial charge < -0.3 is 5.32 Å². The van der Waals surface area contributed by atoms with Crippen molar-refractivity contribution in [3.05, 3.63) is 41.2 Å². The smallest absolute Gasteiger partial charge is 0.289 e. The number of halogens is 3. The van der Waals surface area contributed by atoms with E-state index in [2.05, 4.69) is 10.4 Å². The van der Waals surface area contributed by atoms with E-state index in [4.69, 9.17) is 11.6 Å². The van der Waals surface area contributed by atoms with Crippen LogP contribution in [0.3, 0.4) is 0 Å². The highest BCUT2D eigenvalue weighted by Gasteiger charge is 2.15. The van der Waals surface area contributed by atoms with E-state index in [0.717, 1.165) is 5.56 Å². The molecule has 1 amide bonds. The molecule has 2 aromatic rings. The molecule has 0 saturated carbocycles. The van der Waals surface area contributed by atoms with Gasteiger partial charge in [-0.25, -0.2) is 0 Å². The number of nitrogens with zero attached hydrogens (tertiary/aromatic N) is 2. The summed E-state index contributed by atoms with van der Waals surface area (Å²) in [7, 11) is 1.75. The molecule has 0 unspecified atom stereocenters. The molecule has 2 rings (SSSR count). The lowest BCUT2D eigenvalue weighted by molar-refractivity contribution is -0.115. The van der Waals surface area contributed by atoms with Crippen molar-refractivity contribution in [1.82, 2.24) is 9.78 Å². The predicted molar refractivity (Wildman–Crippen MR) is 78.9 cm³/mol. The number of rotatable bonds is 5. The molecule has 0 bridgehead atoms. The number of carbonyl (C=O) groups excluding carboxylic acids is 1. The van der Waals surface area contributed by atoms with Crippen LogP contribution in [0.25, 0.3) is 0 Å². The third-order valence-electron chi connectivity index (χ3n) is 2.57. The van der Waals surface area contributed by atoms with Gasteiger partial charge in [-0.2, -0.15) is 13.9 Å². The van der Waals surface area contributed by atoms with Gasteiger partial charge in [0, 0.05) is 13.2 Å². The second kappa shape index (κ2) is 6.91. The molecule has 8 heteroatoms. The summed E-state index contributed by atoms with van der Waals surface area (Å²) in [6.45, 7) is 0. The van der Waals surface area contributed by atoms with Crippen LogP contribution in [0.5, 0.6) is 0 Å². The van der Waals surface area contributed by atoms with Crippen molar-refractivity contribution in [2.75, 3.05) is 5.32 Å². The molecule has 0 atom stereocenters. The first-order valence-electron chi connectivity index (χ1n) is 5.96. The zero-order valence-electron chi connectivity index (χ0n) is 11.0. The number of thioether (sulfide) groups is 1. The van der Waals surface area contributed by atoms with Crippen molar-refractivity contribution in [1.29, 1.82) is 0 Å². The molecule has 1 N–H and O–H groups in total. The molecule has 21 heavy (non-hydrogen) atoms. The zero-order valence-corrected chi connectivity index (χ0v) is 12.6. The van der Waals surface area contributed by atoms with Gasteiger partial charge in [-0.3, -0.25) is 9.48 Å². The molecule has 1 aromatic carbocycles. The van der Waals surface area contributed by atoms with Crippen molar-refractivity contribution < 1.29 is 13.6 Å². The SMILES string of the molecule is Cn1cc(CC(=O)Nc2cccc(Cl)c2SC(F)F)cn1. The number of hydrogen-bond donors (Lipinski definition) is 1. The minimum atomic E-state index is -2.61. The number of hydrogen-bond acceptors (Lipinski definition) is 3. The molecule has 4 nitrogen and oxygen atoms in total. The van der Waals surface area contributed by atoms with Gasteiger partial charge in [0.25, 0.3) is 5.76 Å². The maximum Gasteiger partial charge on any atom is 0.289 e. The topological polar surface area (TPSA) is 46.9 Å². The fourth-order valence-electron chi connectivity index (χ4n) is 1.76. The Morgan fingerprint density at radius 1 is 1.52 bits per heavy atom. The number of aryl methyl sites for hydroxylation is 1. The van der Waals surface area contributed by atoms with Crippen LogP contribution in [0, 0.1) is 0 Å². The van der Waals surface area contributed by atoms with Crippen LogP contribution in [0.2, 0.25) is 5.02 Å². The molecule has 0 aliphatic heterocycles. The van der Waals surface area contributed by atoms with E-state index in [0.29, 0.717) is 11.8 Å². The van der Waals surface area contributed by atoms with Gasteiger partial charge in [-0.1, -0.05) is 29.4 Å². The summed E-state index contributed by atoms with van der Waals surface area (Å²) < 4.78 is 26.7. The Bertz CT molecular complexity index is 648. The quantitative estimate of drug-likeness (QED) is 0.852. The van der Waals surface area contributed by atoms with Crippen LogP contribution in [0.15, 0.2) is 35.5 Å². The maximum atomic E-state index is 12.5. The number of benzene rings is 1. The lowest BCUT2D eigenvalue weighted by atomic mass is 10.2. The monoisotopic (exact) mass is 331 g/mol. The average Bonchev–Trinajstić information content (AvgIpc) is 2.78. The molecule has 0 fully saturated rings. The van der Waals surface area contributed by atoms with Crippen LogP contribution in [-0.2, 0) is 18.3 Å². The van der Waals surface area contributed by atoms with Gasteiger partial charge in [0.2, 0.25) is 5.91 Å². The summed E-state index contributed by atoms with van der Waals surface area (Å²) in [5.41, 5.74) is 1.02. The molecule has 112 valence electrons. The van der Waals surface area contributed by atoms with Crippen LogP contribution in [0.4, 0.5) is 14.5 Å². The standard InChI is InChI=1S/C13H12ClF2N3OS/c1-19-7-8(6-17-19)5-11(20)18-10-4-2-3-9(14)12(10)21-13(15)16/h2-4,6-7,13H,5H2,1H3,(H,18,20). The summed E-state index contributed by atoms with van der Waals surface area (Å²) in [5.74, 6) is -2.93. The van der Waals surface area contributed by atoms with Gasteiger partial charge >= 0.3 is 0 Å². The maximum absolute atomic E-state index is 12.5. The van der Waals surface area contributed by atoms with Crippen LogP contribution in [0.1, 0.15) is 5.56 Å². The van der Waals surface area contributed by atoms with Crippen LogP contribution < -0.4 is 5.32 Å². The van der Waals surface area contributed by atoms with Crippen molar-refractivity contribution >= 4 is 35.0 Å². The van der Waals surface area contributed by atoms with E-state index >= 15 is 0 Å². The summed E-state index contributed by atoms with van der Waals surface area (Å²) in [5, 5.41) is 6.74. The van der Waals surface area contributed by atoms with Crippen molar-refractivity contribution in [3.8, 4) is 0 Å². The molecule has 0 saturated heterocycles. The number of carbonyl (C=O) groups is 1. The highest BCUT2D eigenvalue weighted by Crippen LogP contribution is 2.37. The lowest BCUT2D eigenvalue weighted by Crippen LogP contribution is -2.15. The van der Waals surface area contributed by atoms with Gasteiger partial charge in [-0.15, -0.1) is 0 Å². The Balaban J connectivity index is 2.11. The number of amides is 1. The number of alkyl halides is 2. The van der Waals surface area contributed by atoms with E-state index in [1.807, 2.05) is 0 Å². The fraction of sp³-hybridized carbons (Fsp3) is 0.231. The highest BCUT2D eigenvalue weighted by molar-refractivity contribution is 7.99. The predicted octanol–water partition coefficient (Wildman–Crippen LogP) is 3.57. The van der Waals surface area contributed by atoms with Gasteiger partial charge in [0.05, 0.1) is 28.2 Å². The second-order valence-electron chi connectivity index (χ2n) is 4.24. The number of aromatic nitrogens is 2. The second-order valence-corrected chi connectivity index (χ2v) is 5.65. The largest absolute Gasteiger partial charge is 0.325 e. The molecular weight excluding hydrogens is 320 g/mol. The van der Waals surface area contributed by atoms with Crippen LogP contribution >= 0.6 is 23.4 Å². The van der Waals surface area contributed by atoms with E-state index in [9.17, 15) is 13.6 Å². The highest BCUT2D eigenvalue weighted by atomic mass is 35.5. The molecule has 1 aromatic heterocycles. The van der Waals surface area contributed by atoms with E-state index < -0.39 is 5.76 Å². The Hall–Kier alpha value is -1.60. The molecule has 0 aliphatic rings. The van der Waals surface area contributed by atoms with Gasteiger partial charge in [0.1, 0.15) is 0 Å². The third-order valence-corrected chi connectivity index (χ3v) is 3.85. The fourth-order valence-corrected chi connectivity index (χ4v) is 2.67. The summed E-state index contributed by atoms with van der Waals surface area (Å²) in [6, 6.07) is 4.64. The van der Waals surface area contributed by atoms with E-state index in [-0.39, 0.29) is 27.9 Å². The van der Waals surface area contributed by atoms with Crippen LogP contribution in [-0.4, -0.2) is 21.4 Å². The molecule has 1 heterocycles. The molecule has 0 spiro atoms. The molecular formula is C13H12ClF2N3OS. The average molecular weight is 332 g/mol. The summed E-state index contributed by atoms with van der Waals surface area (Å²) in [4.78, 5) is 12.1. The van der Waals surface area contributed by atoms with E-state index in [1.54, 1.807) is 30.2 Å². The molecule has 0 radical (unpaired) electrons. The number of anilines is 1. The van der Waals surface area contributed by atoms with E-state index in [1.165, 1.54) is 12.1 Å². The Kier molecular flexibility index (Phi) is 5.19. The molecule has 0 aliphatic carbocycles. The first-order valence-corrected chi connectivity index (χ1v) is 7.22. The minimum absolute atomic E-state index is 0.110. The first-order chi connectivity index (χ1) is 9.95. The Morgan fingerprint density at radius 2 is 2.29 bits per heavy atom. The zero-order chi connectivity index (χ0) is 15.4. The van der Waals surface area contributed by atoms with Gasteiger partial charge in [-0.05, 0) is 17.7 Å². The minimum Gasteiger partial charge on any atom is -0.325 e. The summed E-state index contributed by atoms with van der Waals surface area (Å²) >= 11 is 6.21. The van der Waals surface area contributed by atoms with Gasteiger partial charge in [0.15, 0.2) is 0 Å². The number of nitrogens with one attached hydrogen (secondary N) is 1. The normalized spacial score (nSPS) is 10.9. The third kappa shape index (κ3) is 4.44. The van der Waals surface area contributed by atoms with Crippen molar-refractivity contribution in [2.24, 2.45) is 7.05 Å². The summed E-state index contributed by atoms with van der Waals surface area (Å²) in [6.07, 6.45) is 3.40. The Morgan fingerprint density at radius 3 is 2.90 bits per heavy atom. The van der Waals surface area contributed by atoms with Crippen molar-refractivity contribution in [2.45, 2.75) is 17.1 Å². The Labute approximate surface area is 129 Å². The van der Waals surface area contributed by atoms with Crippen molar-refractivity contribution in [3.63, 3.8) is 0 Å².